The van der Waals surface area contributed by atoms with E-state index in [1.54, 1.807) is 6.20 Å². The Kier molecular flexibility index (Phi) is 3.71. The van der Waals surface area contributed by atoms with E-state index in [-0.39, 0.29) is 5.91 Å². The predicted octanol–water partition coefficient (Wildman–Crippen LogP) is 4.03. The SMILES string of the molecule is O=C(Nc1cccc2c1N(c1ccccn1)CC2)c1ccccc1. The molecule has 24 heavy (non-hydrogen) atoms. The lowest BCUT2D eigenvalue weighted by Gasteiger charge is -2.21. The van der Waals surface area contributed by atoms with Crippen LogP contribution in [0.5, 0.6) is 0 Å². The van der Waals surface area contributed by atoms with E-state index in [2.05, 4.69) is 21.3 Å². The highest BCUT2D eigenvalue weighted by atomic mass is 16.1. The van der Waals surface area contributed by atoms with Gasteiger partial charge in [0.25, 0.3) is 5.91 Å². The Balaban J connectivity index is 1.69. The number of pyridine rings is 1. The zero-order valence-corrected chi connectivity index (χ0v) is 13.1. The highest BCUT2D eigenvalue weighted by molar-refractivity contribution is 6.06. The van der Waals surface area contributed by atoms with Crippen LogP contribution in [0.4, 0.5) is 17.2 Å². The number of hydrogen-bond donors (Lipinski definition) is 1. The van der Waals surface area contributed by atoms with Crippen molar-refractivity contribution in [3.05, 3.63) is 84.1 Å². The fourth-order valence-electron chi connectivity index (χ4n) is 3.08. The molecule has 0 spiro atoms. The molecule has 3 aromatic rings. The first-order valence-electron chi connectivity index (χ1n) is 8.00. The van der Waals surface area contributed by atoms with Gasteiger partial charge in [0.1, 0.15) is 5.82 Å². The molecule has 118 valence electrons. The van der Waals surface area contributed by atoms with Crippen molar-refractivity contribution in [3.63, 3.8) is 0 Å². The summed E-state index contributed by atoms with van der Waals surface area (Å²) in [6.45, 7) is 0.866. The van der Waals surface area contributed by atoms with Crippen LogP contribution in [0.3, 0.4) is 0 Å². The molecule has 0 saturated heterocycles. The van der Waals surface area contributed by atoms with Crippen molar-refractivity contribution in [2.45, 2.75) is 6.42 Å². The van der Waals surface area contributed by atoms with Gasteiger partial charge in [0.2, 0.25) is 0 Å². The summed E-state index contributed by atoms with van der Waals surface area (Å²) in [5.41, 5.74) is 3.74. The normalized spacial score (nSPS) is 12.8. The number of carbonyl (C=O) groups excluding carboxylic acids is 1. The van der Waals surface area contributed by atoms with Gasteiger partial charge in [-0.2, -0.15) is 0 Å². The summed E-state index contributed by atoms with van der Waals surface area (Å²) in [5, 5.41) is 3.05. The highest BCUT2D eigenvalue weighted by Gasteiger charge is 2.25. The number of nitrogens with one attached hydrogen (secondary N) is 1. The second-order valence-electron chi connectivity index (χ2n) is 5.72. The number of benzene rings is 2. The molecule has 0 saturated carbocycles. The molecule has 1 N–H and O–H groups in total. The molecule has 2 aromatic carbocycles. The van der Waals surface area contributed by atoms with Crippen LogP contribution in [-0.2, 0) is 6.42 Å². The van der Waals surface area contributed by atoms with Crippen molar-refractivity contribution in [3.8, 4) is 0 Å². The van der Waals surface area contributed by atoms with E-state index in [4.69, 9.17) is 0 Å². The summed E-state index contributed by atoms with van der Waals surface area (Å²) in [5.74, 6) is 0.800. The molecule has 2 heterocycles. The quantitative estimate of drug-likeness (QED) is 0.794. The monoisotopic (exact) mass is 315 g/mol. The van der Waals surface area contributed by atoms with Crippen LogP contribution < -0.4 is 10.2 Å². The minimum atomic E-state index is -0.100. The van der Waals surface area contributed by atoms with Crippen molar-refractivity contribution in [2.75, 3.05) is 16.8 Å². The lowest BCUT2D eigenvalue weighted by molar-refractivity contribution is 0.102. The average Bonchev–Trinajstić information content (AvgIpc) is 3.08. The molecule has 4 rings (SSSR count). The van der Waals surface area contributed by atoms with Crippen molar-refractivity contribution >= 4 is 23.1 Å². The first kappa shape index (κ1) is 14.5. The Morgan fingerprint density at radius 3 is 2.58 bits per heavy atom. The van der Waals surface area contributed by atoms with Crippen molar-refractivity contribution < 1.29 is 4.79 Å². The number of anilines is 3. The number of hydrogen-bond acceptors (Lipinski definition) is 3. The Bertz CT molecular complexity index is 863. The lowest BCUT2D eigenvalue weighted by atomic mass is 10.1. The summed E-state index contributed by atoms with van der Waals surface area (Å²) >= 11 is 0. The van der Waals surface area contributed by atoms with Crippen molar-refractivity contribution in [2.24, 2.45) is 0 Å². The number of amides is 1. The molecule has 0 unspecified atom stereocenters. The van der Waals surface area contributed by atoms with Crippen LogP contribution in [0.15, 0.2) is 72.9 Å². The Hall–Kier alpha value is -3.14. The third-order valence-electron chi connectivity index (χ3n) is 4.20. The number of para-hydroxylation sites is 1. The fourth-order valence-corrected chi connectivity index (χ4v) is 3.08. The predicted molar refractivity (Wildman–Crippen MR) is 95.8 cm³/mol. The number of carbonyl (C=O) groups is 1. The van der Waals surface area contributed by atoms with Crippen molar-refractivity contribution in [1.82, 2.24) is 4.98 Å². The number of nitrogens with zero attached hydrogens (tertiary/aromatic N) is 2. The summed E-state index contributed by atoms with van der Waals surface area (Å²) in [4.78, 5) is 19.1. The second-order valence-corrected chi connectivity index (χ2v) is 5.72. The maximum Gasteiger partial charge on any atom is 0.255 e. The fraction of sp³-hybridized carbons (Fsp3) is 0.100. The largest absolute Gasteiger partial charge is 0.324 e. The molecular weight excluding hydrogens is 298 g/mol. The minimum Gasteiger partial charge on any atom is -0.324 e. The van der Waals surface area contributed by atoms with E-state index in [1.807, 2.05) is 60.7 Å². The van der Waals surface area contributed by atoms with Gasteiger partial charge in [-0.3, -0.25) is 4.79 Å². The van der Waals surface area contributed by atoms with Crippen LogP contribution in [0, 0.1) is 0 Å². The van der Waals surface area contributed by atoms with E-state index in [0.717, 1.165) is 30.2 Å². The maximum atomic E-state index is 12.5. The van der Waals surface area contributed by atoms with E-state index in [0.29, 0.717) is 5.56 Å². The van der Waals surface area contributed by atoms with Gasteiger partial charge in [0, 0.05) is 18.3 Å². The number of rotatable bonds is 3. The topological polar surface area (TPSA) is 45.2 Å². The molecule has 0 bridgehead atoms. The van der Waals surface area contributed by atoms with Gasteiger partial charge in [-0.05, 0) is 42.3 Å². The second kappa shape index (κ2) is 6.16. The standard InChI is InChI=1S/C20H17N3O/c24-20(16-7-2-1-3-8-16)22-17-10-6-9-15-12-14-23(19(15)17)18-11-4-5-13-21-18/h1-11,13H,12,14H2,(H,22,24). The van der Waals surface area contributed by atoms with Crippen LogP contribution in [0.1, 0.15) is 15.9 Å². The summed E-state index contributed by atoms with van der Waals surface area (Å²) < 4.78 is 0. The molecule has 1 aromatic heterocycles. The first-order valence-corrected chi connectivity index (χ1v) is 8.00. The summed E-state index contributed by atoms with van der Waals surface area (Å²) in [6, 6.07) is 21.2. The molecule has 4 nitrogen and oxygen atoms in total. The van der Waals surface area contributed by atoms with Crippen LogP contribution >= 0.6 is 0 Å². The molecule has 0 radical (unpaired) electrons. The van der Waals surface area contributed by atoms with E-state index < -0.39 is 0 Å². The smallest absolute Gasteiger partial charge is 0.255 e. The van der Waals surface area contributed by atoms with Gasteiger partial charge in [0.05, 0.1) is 11.4 Å². The number of fused-ring (bicyclic) bond motifs is 1. The third kappa shape index (κ3) is 2.63. The van der Waals surface area contributed by atoms with Gasteiger partial charge in [-0.15, -0.1) is 0 Å². The summed E-state index contributed by atoms with van der Waals surface area (Å²) in [7, 11) is 0. The van der Waals surface area contributed by atoms with E-state index in [9.17, 15) is 4.79 Å². The van der Waals surface area contributed by atoms with Gasteiger partial charge < -0.3 is 10.2 Å². The highest BCUT2D eigenvalue weighted by Crippen LogP contribution is 2.39. The third-order valence-corrected chi connectivity index (χ3v) is 4.20. The zero-order valence-electron chi connectivity index (χ0n) is 13.1. The van der Waals surface area contributed by atoms with Gasteiger partial charge in [-0.25, -0.2) is 4.98 Å². The molecule has 1 aliphatic rings. The first-order chi connectivity index (χ1) is 11.8. The van der Waals surface area contributed by atoms with E-state index >= 15 is 0 Å². The molecule has 0 aliphatic carbocycles. The molecule has 4 heteroatoms. The molecule has 1 amide bonds. The van der Waals surface area contributed by atoms with Gasteiger partial charge >= 0.3 is 0 Å². The van der Waals surface area contributed by atoms with Gasteiger partial charge in [-0.1, -0.05) is 36.4 Å². The van der Waals surface area contributed by atoms with Gasteiger partial charge in [0.15, 0.2) is 0 Å². The molecule has 0 fully saturated rings. The number of aromatic nitrogens is 1. The molecular formula is C20H17N3O. The van der Waals surface area contributed by atoms with E-state index in [1.165, 1.54) is 5.56 Å². The molecule has 1 aliphatic heterocycles. The summed E-state index contributed by atoms with van der Waals surface area (Å²) in [6.07, 6.45) is 2.74. The Morgan fingerprint density at radius 1 is 0.958 bits per heavy atom. The Morgan fingerprint density at radius 2 is 1.79 bits per heavy atom. The van der Waals surface area contributed by atoms with Crippen LogP contribution in [0.2, 0.25) is 0 Å². The van der Waals surface area contributed by atoms with Crippen molar-refractivity contribution in [1.29, 1.82) is 0 Å². The Labute approximate surface area is 140 Å². The average molecular weight is 315 g/mol. The van der Waals surface area contributed by atoms with Crippen LogP contribution in [-0.4, -0.2) is 17.4 Å². The maximum absolute atomic E-state index is 12.5. The lowest BCUT2D eigenvalue weighted by Crippen LogP contribution is -2.18. The zero-order chi connectivity index (χ0) is 16.4. The minimum absolute atomic E-state index is 0.100. The molecule has 0 atom stereocenters. The van der Waals surface area contributed by atoms with Crippen LogP contribution in [0.25, 0.3) is 0 Å².